The lowest BCUT2D eigenvalue weighted by atomic mass is 9.89. The summed E-state index contributed by atoms with van der Waals surface area (Å²) >= 11 is 4.62. The first kappa shape index (κ1) is 89.8. The molecule has 109 heavy (non-hydrogen) atoms. The first-order valence-corrected chi connectivity index (χ1v) is 39.4. The molecule has 3 N–H and O–H groups in total. The van der Waals surface area contributed by atoms with Crippen LogP contribution in [0.4, 0.5) is 61.1 Å². The lowest BCUT2D eigenvalue weighted by Crippen LogP contribution is -2.36. The molecule has 6 aromatic rings. The molecule has 34 heteroatoms. The Morgan fingerprint density at radius 3 is 1.24 bits per heavy atom. The highest BCUT2D eigenvalue weighted by molar-refractivity contribution is 7.99. The molecule has 0 atom stereocenters. The van der Waals surface area contributed by atoms with Crippen molar-refractivity contribution in [2.75, 3.05) is 171 Å². The molecule has 0 radical (unpaired) electrons. The number of carbonyl (C=O) groups is 3. The lowest BCUT2D eigenvalue weighted by molar-refractivity contribution is -0.391. The number of ether oxygens (including phenoxy) is 6. The average molecular weight is 1580 g/mol. The highest BCUT2D eigenvalue weighted by Crippen LogP contribution is 2.47. The summed E-state index contributed by atoms with van der Waals surface area (Å²) in [6.07, 6.45) is -9.04. The summed E-state index contributed by atoms with van der Waals surface area (Å²) in [5.74, 6) is 1.13. The van der Waals surface area contributed by atoms with Crippen molar-refractivity contribution in [1.82, 2.24) is 34.4 Å². The van der Waals surface area contributed by atoms with Gasteiger partial charge in [0, 0.05) is 135 Å². The Kier molecular flexibility index (Phi) is 38.3. The van der Waals surface area contributed by atoms with Gasteiger partial charge in [0.2, 0.25) is 11.8 Å². The van der Waals surface area contributed by atoms with Crippen LogP contribution in [0.1, 0.15) is 141 Å². The van der Waals surface area contributed by atoms with Crippen molar-refractivity contribution in [1.29, 1.82) is 5.26 Å². The number of halogens is 6. The number of nitro benzene ring substituents is 1. The minimum Gasteiger partial charge on any atom is -0.380 e. The van der Waals surface area contributed by atoms with E-state index in [1.165, 1.54) is 11.8 Å². The van der Waals surface area contributed by atoms with E-state index in [2.05, 4.69) is 31.3 Å². The van der Waals surface area contributed by atoms with Gasteiger partial charge >= 0.3 is 12.4 Å². The second-order valence-electron chi connectivity index (χ2n) is 25.1. The molecule has 0 saturated carbocycles. The monoisotopic (exact) mass is 1580 g/mol. The predicted molar refractivity (Wildman–Crippen MR) is 412 cm³/mol. The average Bonchev–Trinajstić information content (AvgIpc) is 1.55. The van der Waals surface area contributed by atoms with Crippen LogP contribution < -0.4 is 16.0 Å². The lowest BCUT2D eigenvalue weighted by Gasteiger charge is -2.23. The second kappa shape index (κ2) is 46.5. The van der Waals surface area contributed by atoms with Crippen molar-refractivity contribution < 1.29 is 74.1 Å². The molecule has 0 saturated heterocycles. The minimum atomic E-state index is -5.66. The fourth-order valence-electron chi connectivity index (χ4n) is 10.9. The molecule has 2 heterocycles. The summed E-state index contributed by atoms with van der Waals surface area (Å²) < 4.78 is 122. The third kappa shape index (κ3) is 28.9. The van der Waals surface area contributed by atoms with E-state index in [0.29, 0.717) is 189 Å². The summed E-state index contributed by atoms with van der Waals surface area (Å²) in [6, 6.07) is 24.4. The molecule has 0 bridgehead atoms. The van der Waals surface area contributed by atoms with E-state index >= 15 is 0 Å². The molecule has 2 aromatic heterocycles. The van der Waals surface area contributed by atoms with Crippen LogP contribution in [-0.2, 0) is 46.2 Å². The number of thioether (sulfide) groups is 3. The molecule has 0 fully saturated rings. The molecule has 6 rings (SSSR count). The van der Waals surface area contributed by atoms with E-state index in [4.69, 9.17) is 38.4 Å². The van der Waals surface area contributed by atoms with Crippen LogP contribution in [0.25, 0.3) is 5.69 Å². The highest BCUT2D eigenvalue weighted by Gasteiger charge is 2.48. The SMILES string of the molecule is CCOCCN(CCOCC)C(=O)c1cccc(SCCCCNc2nc(NCCCSc3cccc(C(=O)N(CCOCC)CCOCC)c3)nc(NCCCSc3cccc(C(=O)N(CCOCC)CCOCC)c3)c2N=Nc2nn(-c3cc(C(F)(F)F)c([N+](=O)[O-])c(C(F)(F)F)c3)c(C(C)(C)C)c2C#N)c1. The summed E-state index contributed by atoms with van der Waals surface area (Å²) in [6.45, 7) is 24.4. The van der Waals surface area contributed by atoms with Crippen LogP contribution in [0.3, 0.4) is 0 Å². The van der Waals surface area contributed by atoms with Crippen molar-refractivity contribution >= 4 is 87.8 Å². The van der Waals surface area contributed by atoms with Gasteiger partial charge in [-0.15, -0.1) is 50.6 Å². The second-order valence-corrected chi connectivity index (χ2v) is 28.6. The van der Waals surface area contributed by atoms with E-state index < -0.39 is 51.0 Å². The molecule has 0 aliphatic heterocycles. The first-order valence-electron chi connectivity index (χ1n) is 36.4. The Balaban J connectivity index is 1.37. The number of unbranched alkanes of at least 4 members (excludes halogenated alkanes) is 1. The zero-order valence-electron chi connectivity index (χ0n) is 63.3. The van der Waals surface area contributed by atoms with Gasteiger partial charge in [0.25, 0.3) is 23.4 Å². The number of alkyl halides is 6. The standard InChI is InChI=1S/C75H100F6N14O11S3/c1-10-101-38-32-91(33-39-102-11-2)69(96)53-23-18-26-57(47-53)107-44-17-16-29-83-67-63(88-89-66-60(52-82)65(73(7,8)9)94(90-66)56-50-61(74(76,77)78)64(95(99)100)62(51-56)75(79,80)81)68(84-30-21-45-108-58-27-19-24-54(48-58)70(97)92(34-40-103-12-3)35-41-104-13-4)87-72(86-67)85-31-22-46-109-59-28-20-25-55(49-59)71(98)93(36-42-105-14-5)37-43-106-15-6/h18-20,23-28,47-51H,10-17,21-22,29-46H2,1-9H3,(H3,83,84,85,86,87). The van der Waals surface area contributed by atoms with Gasteiger partial charge < -0.3 is 59.1 Å². The Morgan fingerprint density at radius 1 is 0.541 bits per heavy atom. The van der Waals surface area contributed by atoms with Crippen LogP contribution in [-0.4, -0.2) is 213 Å². The van der Waals surface area contributed by atoms with Crippen LogP contribution in [0, 0.1) is 21.4 Å². The Bertz CT molecular complexity index is 3870. The molecular formula is C75H100F6N14O11S3. The maximum atomic E-state index is 14.7. The maximum absolute atomic E-state index is 14.7. The van der Waals surface area contributed by atoms with Crippen LogP contribution in [0.15, 0.2) is 110 Å². The summed E-state index contributed by atoms with van der Waals surface area (Å²) in [4.78, 5) is 69.3. The third-order valence-corrected chi connectivity index (χ3v) is 19.4. The maximum Gasteiger partial charge on any atom is 0.423 e. The van der Waals surface area contributed by atoms with E-state index in [-0.39, 0.29) is 77.5 Å². The van der Waals surface area contributed by atoms with Gasteiger partial charge in [0.1, 0.15) is 22.8 Å². The molecule has 596 valence electrons. The summed E-state index contributed by atoms with van der Waals surface area (Å²) in [5, 5.41) is 46.3. The zero-order valence-corrected chi connectivity index (χ0v) is 65.7. The zero-order chi connectivity index (χ0) is 79.4. The molecule has 0 aliphatic carbocycles. The quantitative estimate of drug-likeness (QED) is 0.00798. The number of azo groups is 1. The molecule has 0 unspecified atom stereocenters. The Hall–Kier alpha value is -8.14. The smallest absolute Gasteiger partial charge is 0.380 e. The van der Waals surface area contributed by atoms with E-state index in [0.717, 1.165) is 14.7 Å². The van der Waals surface area contributed by atoms with Gasteiger partial charge in [-0.25, -0.2) is 4.68 Å². The van der Waals surface area contributed by atoms with Crippen molar-refractivity contribution in [2.45, 2.75) is 120 Å². The number of nitrogens with one attached hydrogen (secondary N) is 3. The third-order valence-electron chi connectivity index (χ3n) is 16.2. The number of aromatic nitrogens is 4. The van der Waals surface area contributed by atoms with Crippen molar-refractivity contribution in [2.24, 2.45) is 10.2 Å². The fraction of sp³-hybridized carbons (Fsp3) is 0.533. The largest absolute Gasteiger partial charge is 0.423 e. The number of anilines is 3. The number of nitriles is 1. The molecule has 3 amide bonds. The van der Waals surface area contributed by atoms with Gasteiger partial charge in [-0.05, 0) is 151 Å². The van der Waals surface area contributed by atoms with E-state index in [1.807, 2.05) is 102 Å². The minimum absolute atomic E-state index is 0.0285. The van der Waals surface area contributed by atoms with Gasteiger partial charge in [-0.2, -0.15) is 41.6 Å². The number of rotatable bonds is 50. The van der Waals surface area contributed by atoms with Crippen LogP contribution >= 0.6 is 35.3 Å². The molecule has 0 spiro atoms. The highest BCUT2D eigenvalue weighted by atomic mass is 32.2. The predicted octanol–water partition coefficient (Wildman–Crippen LogP) is 15.9. The fourth-order valence-corrected chi connectivity index (χ4v) is 13.7. The Morgan fingerprint density at radius 2 is 0.899 bits per heavy atom. The molecule has 0 aliphatic rings. The Labute approximate surface area is 646 Å². The summed E-state index contributed by atoms with van der Waals surface area (Å²) in [5.41, 5.74) is -7.84. The normalized spacial score (nSPS) is 11.8. The number of carbonyl (C=O) groups excluding carboxylic acids is 3. The first-order chi connectivity index (χ1) is 52.3. The summed E-state index contributed by atoms with van der Waals surface area (Å²) in [7, 11) is 0. The van der Waals surface area contributed by atoms with Crippen molar-refractivity contribution in [3.05, 3.63) is 134 Å². The number of nitrogens with zero attached hydrogens (tertiary/aromatic N) is 11. The van der Waals surface area contributed by atoms with Crippen LogP contribution in [0.5, 0.6) is 0 Å². The topological polar surface area (TPSA) is 288 Å². The number of amides is 3. The van der Waals surface area contributed by atoms with Crippen molar-refractivity contribution in [3.8, 4) is 11.8 Å². The number of nitro groups is 1. The van der Waals surface area contributed by atoms with Gasteiger partial charge in [0.05, 0.1) is 55.9 Å². The number of benzene rings is 4. The molecule has 4 aromatic carbocycles. The van der Waals surface area contributed by atoms with Crippen LogP contribution in [0.2, 0.25) is 0 Å². The number of hydrogen-bond donors (Lipinski definition) is 3. The molecular weight excluding hydrogens is 1480 g/mol. The van der Waals surface area contributed by atoms with Gasteiger partial charge in [0.15, 0.2) is 17.3 Å². The number of hydrogen-bond acceptors (Lipinski definition) is 23. The van der Waals surface area contributed by atoms with E-state index in [1.54, 1.807) is 77.2 Å². The van der Waals surface area contributed by atoms with Crippen molar-refractivity contribution in [3.63, 3.8) is 0 Å². The van der Waals surface area contributed by atoms with E-state index in [9.17, 15) is 56.1 Å². The van der Waals surface area contributed by atoms with Gasteiger partial charge in [-0.1, -0.05) is 39.0 Å². The van der Waals surface area contributed by atoms with Gasteiger partial charge in [-0.3, -0.25) is 24.5 Å². The molecule has 25 nitrogen and oxygen atoms in total.